The molecule has 0 saturated heterocycles. The number of nitrogens with one attached hydrogen (secondary N) is 1. The lowest BCUT2D eigenvalue weighted by Crippen LogP contribution is -2.24. The Hall–Kier alpha value is -1.39. The maximum Gasteiger partial charge on any atom is 0.146 e. The molecule has 96 valence electrons. The summed E-state index contributed by atoms with van der Waals surface area (Å²) in [6.45, 7) is 2.56. The van der Waals surface area contributed by atoms with Crippen LogP contribution in [-0.4, -0.2) is 25.0 Å². The number of likely N-dealkylation sites (N-methyl/N-ethyl adjacent to an activating group) is 1. The molecule has 0 bridgehead atoms. The van der Waals surface area contributed by atoms with Gasteiger partial charge in [-0.1, -0.05) is 18.2 Å². The van der Waals surface area contributed by atoms with Crippen LogP contribution in [0.5, 0.6) is 0 Å². The van der Waals surface area contributed by atoms with Crippen molar-refractivity contribution in [2.75, 3.05) is 25.5 Å². The van der Waals surface area contributed by atoms with Crippen LogP contribution in [-0.2, 0) is 6.54 Å². The fourth-order valence-electron chi connectivity index (χ4n) is 1.73. The van der Waals surface area contributed by atoms with E-state index in [4.69, 9.17) is 0 Å². The molecule has 0 saturated carbocycles. The Balaban J connectivity index is 1.74. The summed E-state index contributed by atoms with van der Waals surface area (Å²) in [4.78, 5) is 3.57. The van der Waals surface area contributed by atoms with Crippen LogP contribution in [0.2, 0.25) is 0 Å². The first-order valence-corrected chi connectivity index (χ1v) is 6.83. The molecular weight excluding hydrogens is 247 g/mol. The number of halogens is 1. The van der Waals surface area contributed by atoms with E-state index in [0.29, 0.717) is 5.69 Å². The van der Waals surface area contributed by atoms with Crippen LogP contribution < -0.4 is 5.32 Å². The average Bonchev–Trinajstić information content (AvgIpc) is 2.84. The number of benzene rings is 1. The minimum Gasteiger partial charge on any atom is -0.381 e. The monoisotopic (exact) mass is 264 g/mol. The third kappa shape index (κ3) is 3.82. The van der Waals surface area contributed by atoms with Crippen LogP contribution in [0.25, 0.3) is 0 Å². The van der Waals surface area contributed by atoms with Gasteiger partial charge in [0.2, 0.25) is 0 Å². The van der Waals surface area contributed by atoms with Crippen molar-refractivity contribution in [1.82, 2.24) is 4.90 Å². The summed E-state index contributed by atoms with van der Waals surface area (Å²) in [5, 5.41) is 5.19. The van der Waals surface area contributed by atoms with Crippen LogP contribution in [0.4, 0.5) is 10.1 Å². The summed E-state index contributed by atoms with van der Waals surface area (Å²) in [5.74, 6) is -0.196. The van der Waals surface area contributed by atoms with Gasteiger partial charge in [-0.25, -0.2) is 4.39 Å². The van der Waals surface area contributed by atoms with Gasteiger partial charge in [-0.2, -0.15) is 0 Å². The lowest BCUT2D eigenvalue weighted by atomic mass is 10.3. The Kier molecular flexibility index (Phi) is 4.73. The van der Waals surface area contributed by atoms with E-state index in [0.717, 1.165) is 19.6 Å². The molecule has 0 unspecified atom stereocenters. The van der Waals surface area contributed by atoms with Crippen molar-refractivity contribution in [3.63, 3.8) is 0 Å². The fraction of sp³-hybridized carbons (Fsp3) is 0.286. The number of nitrogens with zero attached hydrogens (tertiary/aromatic N) is 1. The van der Waals surface area contributed by atoms with Gasteiger partial charge in [0.25, 0.3) is 0 Å². The minimum atomic E-state index is -0.196. The highest BCUT2D eigenvalue weighted by molar-refractivity contribution is 7.09. The second-order valence-corrected chi connectivity index (χ2v) is 5.26. The Morgan fingerprint density at radius 3 is 2.78 bits per heavy atom. The van der Waals surface area contributed by atoms with Gasteiger partial charge in [0.1, 0.15) is 5.82 Å². The highest BCUT2D eigenvalue weighted by Gasteiger charge is 2.02. The van der Waals surface area contributed by atoms with Crippen LogP contribution in [0.1, 0.15) is 4.88 Å². The van der Waals surface area contributed by atoms with Gasteiger partial charge in [0, 0.05) is 24.5 Å². The topological polar surface area (TPSA) is 15.3 Å². The van der Waals surface area contributed by atoms with E-state index in [1.165, 1.54) is 10.9 Å². The molecule has 0 atom stereocenters. The standard InChI is InChI=1S/C14H17FN2S/c1-17(11-12-5-4-10-18-12)9-8-16-14-7-3-2-6-13(14)15/h2-7,10,16H,8-9,11H2,1H3. The fourth-order valence-corrected chi connectivity index (χ4v) is 2.52. The van der Waals surface area contributed by atoms with Crippen LogP contribution in [0.3, 0.4) is 0 Å². The van der Waals surface area contributed by atoms with Gasteiger partial charge in [0.05, 0.1) is 5.69 Å². The quantitative estimate of drug-likeness (QED) is 0.860. The molecule has 1 N–H and O–H groups in total. The molecule has 18 heavy (non-hydrogen) atoms. The maximum absolute atomic E-state index is 13.3. The smallest absolute Gasteiger partial charge is 0.146 e. The summed E-state index contributed by atoms with van der Waals surface area (Å²) in [5.41, 5.74) is 0.571. The van der Waals surface area contributed by atoms with Crippen molar-refractivity contribution in [2.24, 2.45) is 0 Å². The normalized spacial score (nSPS) is 10.8. The molecule has 0 amide bonds. The predicted molar refractivity (Wildman–Crippen MR) is 75.5 cm³/mol. The predicted octanol–water partition coefficient (Wildman–Crippen LogP) is 3.43. The molecule has 0 radical (unpaired) electrons. The lowest BCUT2D eigenvalue weighted by Gasteiger charge is -2.16. The largest absolute Gasteiger partial charge is 0.381 e. The van der Waals surface area contributed by atoms with Gasteiger partial charge in [-0.05, 0) is 30.6 Å². The second-order valence-electron chi connectivity index (χ2n) is 4.22. The first-order chi connectivity index (χ1) is 8.75. The van der Waals surface area contributed by atoms with E-state index in [1.807, 2.05) is 6.07 Å². The molecule has 0 aliphatic heterocycles. The Labute approximate surface area is 111 Å². The number of hydrogen-bond donors (Lipinski definition) is 1. The number of anilines is 1. The molecule has 2 aromatic rings. The van der Waals surface area contributed by atoms with Crippen molar-refractivity contribution in [1.29, 1.82) is 0 Å². The molecule has 0 fully saturated rings. The zero-order valence-corrected chi connectivity index (χ0v) is 11.2. The first-order valence-electron chi connectivity index (χ1n) is 5.95. The van der Waals surface area contributed by atoms with E-state index < -0.39 is 0 Å². The van der Waals surface area contributed by atoms with Crippen molar-refractivity contribution >= 4 is 17.0 Å². The van der Waals surface area contributed by atoms with E-state index in [2.05, 4.69) is 34.8 Å². The third-order valence-electron chi connectivity index (χ3n) is 2.69. The Morgan fingerprint density at radius 2 is 2.06 bits per heavy atom. The molecule has 4 heteroatoms. The zero-order valence-electron chi connectivity index (χ0n) is 10.4. The number of thiophene rings is 1. The molecule has 1 aromatic carbocycles. The van der Waals surface area contributed by atoms with Gasteiger partial charge in [-0.15, -0.1) is 11.3 Å². The van der Waals surface area contributed by atoms with E-state index in [-0.39, 0.29) is 5.82 Å². The number of hydrogen-bond acceptors (Lipinski definition) is 3. The first kappa shape index (κ1) is 13.1. The van der Waals surface area contributed by atoms with E-state index >= 15 is 0 Å². The van der Waals surface area contributed by atoms with Crippen molar-refractivity contribution in [3.8, 4) is 0 Å². The highest BCUT2D eigenvalue weighted by Crippen LogP contribution is 2.12. The minimum absolute atomic E-state index is 0.196. The molecule has 0 aliphatic rings. The number of rotatable bonds is 6. The Morgan fingerprint density at radius 1 is 1.22 bits per heavy atom. The summed E-state index contributed by atoms with van der Waals surface area (Å²) in [6, 6.07) is 11.0. The van der Waals surface area contributed by atoms with Gasteiger partial charge < -0.3 is 5.32 Å². The summed E-state index contributed by atoms with van der Waals surface area (Å²) < 4.78 is 13.3. The van der Waals surface area contributed by atoms with E-state index in [9.17, 15) is 4.39 Å². The molecule has 2 rings (SSSR count). The summed E-state index contributed by atoms with van der Waals surface area (Å²) in [6.07, 6.45) is 0. The molecule has 1 aromatic heterocycles. The zero-order chi connectivity index (χ0) is 12.8. The number of para-hydroxylation sites is 1. The molecule has 2 nitrogen and oxygen atoms in total. The third-order valence-corrected chi connectivity index (χ3v) is 3.55. The average molecular weight is 264 g/mol. The van der Waals surface area contributed by atoms with E-state index in [1.54, 1.807) is 23.5 Å². The SMILES string of the molecule is CN(CCNc1ccccc1F)Cc1cccs1. The van der Waals surface area contributed by atoms with Gasteiger partial charge in [0.15, 0.2) is 0 Å². The Bertz CT molecular complexity index is 470. The summed E-state index contributed by atoms with van der Waals surface area (Å²) in [7, 11) is 2.07. The van der Waals surface area contributed by atoms with Crippen LogP contribution in [0.15, 0.2) is 41.8 Å². The summed E-state index contributed by atoms with van der Waals surface area (Å²) >= 11 is 1.76. The highest BCUT2D eigenvalue weighted by atomic mass is 32.1. The van der Waals surface area contributed by atoms with Crippen molar-refractivity contribution < 1.29 is 4.39 Å². The molecular formula is C14H17FN2S. The van der Waals surface area contributed by atoms with Crippen molar-refractivity contribution in [3.05, 3.63) is 52.5 Å². The van der Waals surface area contributed by atoms with Gasteiger partial charge in [-0.3, -0.25) is 4.90 Å². The molecule has 0 spiro atoms. The van der Waals surface area contributed by atoms with Crippen LogP contribution >= 0.6 is 11.3 Å². The second kappa shape index (κ2) is 6.52. The van der Waals surface area contributed by atoms with Crippen molar-refractivity contribution in [2.45, 2.75) is 6.54 Å². The maximum atomic E-state index is 13.3. The van der Waals surface area contributed by atoms with Gasteiger partial charge >= 0.3 is 0 Å². The van der Waals surface area contributed by atoms with Crippen LogP contribution in [0, 0.1) is 5.82 Å². The molecule has 0 aliphatic carbocycles. The lowest BCUT2D eigenvalue weighted by molar-refractivity contribution is 0.343. The molecule has 1 heterocycles.